The number of benzene rings is 2. The van der Waals surface area contributed by atoms with E-state index in [2.05, 4.69) is 24.4 Å². The van der Waals surface area contributed by atoms with Gasteiger partial charge in [0.15, 0.2) is 12.3 Å². The van der Waals surface area contributed by atoms with Crippen molar-refractivity contribution in [2.24, 2.45) is 0 Å². The molecule has 1 amide bonds. The van der Waals surface area contributed by atoms with Crippen molar-refractivity contribution in [3.63, 3.8) is 0 Å². The Labute approximate surface area is 149 Å². The topological polar surface area (TPSA) is 50.6 Å². The van der Waals surface area contributed by atoms with Gasteiger partial charge in [0.1, 0.15) is 6.54 Å². The Morgan fingerprint density at radius 3 is 2.32 bits per heavy atom. The van der Waals surface area contributed by atoms with Gasteiger partial charge in [-0.05, 0) is 31.4 Å². The Morgan fingerprint density at radius 2 is 1.68 bits per heavy atom. The standard InChI is InChI=1S/C21H26N2O2/c1-16-9-7-8-12-19(16)14-23(3)15-21(25)22-20(17(2)24)13-18-10-5-4-6-11-18/h4-12,20H,13-15H2,1-3H3,(H,22,25)/p+1/t20-/m1/s1. The molecule has 0 saturated carbocycles. The molecule has 0 aromatic heterocycles. The van der Waals surface area contributed by atoms with Crippen LogP contribution in [0.3, 0.4) is 0 Å². The minimum absolute atomic E-state index is 0.0197. The van der Waals surface area contributed by atoms with Crippen molar-refractivity contribution in [3.8, 4) is 0 Å². The second kappa shape index (κ2) is 9.14. The van der Waals surface area contributed by atoms with Crippen LogP contribution in [0, 0.1) is 6.92 Å². The van der Waals surface area contributed by atoms with E-state index in [1.807, 2.05) is 49.5 Å². The second-order valence-corrected chi connectivity index (χ2v) is 6.66. The smallest absolute Gasteiger partial charge is 0.275 e. The molecule has 4 heteroatoms. The highest BCUT2D eigenvalue weighted by atomic mass is 16.2. The van der Waals surface area contributed by atoms with Gasteiger partial charge in [-0.1, -0.05) is 54.6 Å². The van der Waals surface area contributed by atoms with E-state index in [1.165, 1.54) is 18.1 Å². The van der Waals surface area contributed by atoms with E-state index in [1.54, 1.807) is 0 Å². The highest BCUT2D eigenvalue weighted by molar-refractivity contribution is 5.88. The average molecular weight is 339 g/mol. The Bertz CT molecular complexity index is 713. The van der Waals surface area contributed by atoms with Crippen LogP contribution in [-0.2, 0) is 22.6 Å². The van der Waals surface area contributed by atoms with E-state index < -0.39 is 6.04 Å². The molecule has 0 aliphatic carbocycles. The minimum Gasteiger partial charge on any atom is -0.341 e. The summed E-state index contributed by atoms with van der Waals surface area (Å²) in [6.07, 6.45) is 0.527. The number of aryl methyl sites for hydroxylation is 1. The van der Waals surface area contributed by atoms with Crippen LogP contribution in [0.4, 0.5) is 0 Å². The number of nitrogens with one attached hydrogen (secondary N) is 2. The van der Waals surface area contributed by atoms with E-state index in [0.29, 0.717) is 13.0 Å². The first-order valence-corrected chi connectivity index (χ1v) is 8.65. The summed E-state index contributed by atoms with van der Waals surface area (Å²) in [4.78, 5) is 25.3. The molecule has 2 atom stereocenters. The van der Waals surface area contributed by atoms with Gasteiger partial charge in [-0.2, -0.15) is 0 Å². The maximum absolute atomic E-state index is 12.3. The molecule has 0 heterocycles. The van der Waals surface area contributed by atoms with Gasteiger partial charge in [0.2, 0.25) is 0 Å². The van der Waals surface area contributed by atoms with Crippen LogP contribution in [0.1, 0.15) is 23.6 Å². The van der Waals surface area contributed by atoms with Crippen molar-refractivity contribution in [2.75, 3.05) is 13.6 Å². The summed E-state index contributed by atoms with van der Waals surface area (Å²) in [5.41, 5.74) is 3.51. The summed E-state index contributed by atoms with van der Waals surface area (Å²) in [5, 5.41) is 2.89. The lowest BCUT2D eigenvalue weighted by Gasteiger charge is -2.19. The van der Waals surface area contributed by atoms with Crippen LogP contribution in [0.25, 0.3) is 0 Å². The third-order valence-electron chi connectivity index (χ3n) is 4.32. The fourth-order valence-electron chi connectivity index (χ4n) is 2.86. The number of ketones is 1. The first kappa shape index (κ1) is 18.9. The predicted octanol–water partition coefficient (Wildman–Crippen LogP) is 1.33. The quantitative estimate of drug-likeness (QED) is 0.762. The second-order valence-electron chi connectivity index (χ2n) is 6.66. The Morgan fingerprint density at radius 1 is 1.04 bits per heavy atom. The van der Waals surface area contributed by atoms with E-state index in [-0.39, 0.29) is 11.7 Å². The van der Waals surface area contributed by atoms with Gasteiger partial charge < -0.3 is 10.2 Å². The van der Waals surface area contributed by atoms with Gasteiger partial charge in [-0.15, -0.1) is 0 Å². The highest BCUT2D eigenvalue weighted by Gasteiger charge is 2.20. The first-order chi connectivity index (χ1) is 12.0. The molecule has 2 aromatic rings. The van der Waals surface area contributed by atoms with Crippen molar-refractivity contribution >= 4 is 11.7 Å². The molecule has 2 N–H and O–H groups in total. The normalized spacial score (nSPS) is 13.1. The number of carbonyl (C=O) groups excluding carboxylic acids is 2. The molecule has 0 aliphatic heterocycles. The maximum Gasteiger partial charge on any atom is 0.275 e. The molecule has 0 aliphatic rings. The van der Waals surface area contributed by atoms with Gasteiger partial charge in [0, 0.05) is 5.56 Å². The summed E-state index contributed by atoms with van der Waals surface area (Å²) >= 11 is 0. The van der Waals surface area contributed by atoms with Gasteiger partial charge in [0.25, 0.3) is 5.91 Å². The highest BCUT2D eigenvalue weighted by Crippen LogP contribution is 2.05. The zero-order valence-electron chi connectivity index (χ0n) is 15.2. The maximum atomic E-state index is 12.3. The van der Waals surface area contributed by atoms with Crippen molar-refractivity contribution in [2.45, 2.75) is 32.9 Å². The number of Topliss-reactive ketones (excluding diaryl/α,β-unsaturated/α-hetero) is 1. The predicted molar refractivity (Wildman–Crippen MR) is 99.4 cm³/mol. The number of hydrogen-bond donors (Lipinski definition) is 2. The van der Waals surface area contributed by atoms with Crippen molar-refractivity contribution < 1.29 is 14.5 Å². The molecule has 2 rings (SSSR count). The molecule has 0 bridgehead atoms. The summed E-state index contributed by atoms with van der Waals surface area (Å²) in [6.45, 7) is 4.72. The molecule has 4 nitrogen and oxygen atoms in total. The summed E-state index contributed by atoms with van der Waals surface area (Å²) in [7, 11) is 1.99. The molecule has 0 spiro atoms. The first-order valence-electron chi connectivity index (χ1n) is 8.65. The Balaban J connectivity index is 1.90. The summed E-state index contributed by atoms with van der Waals surface area (Å²) < 4.78 is 0. The average Bonchev–Trinajstić information content (AvgIpc) is 2.57. The number of rotatable bonds is 8. The van der Waals surface area contributed by atoms with Crippen LogP contribution < -0.4 is 10.2 Å². The summed E-state index contributed by atoms with van der Waals surface area (Å²) in [6, 6.07) is 17.5. The molecule has 25 heavy (non-hydrogen) atoms. The number of likely N-dealkylation sites (N-methyl/N-ethyl adjacent to an activating group) is 1. The molecular weight excluding hydrogens is 312 g/mol. The van der Waals surface area contributed by atoms with E-state index in [0.717, 1.165) is 17.0 Å². The van der Waals surface area contributed by atoms with Gasteiger partial charge >= 0.3 is 0 Å². The molecule has 0 radical (unpaired) electrons. The fourth-order valence-corrected chi connectivity index (χ4v) is 2.86. The van der Waals surface area contributed by atoms with Crippen LogP contribution >= 0.6 is 0 Å². The Kier molecular flexibility index (Phi) is 6.90. The number of quaternary nitrogens is 1. The lowest BCUT2D eigenvalue weighted by atomic mass is 10.0. The molecule has 0 saturated heterocycles. The SMILES string of the molecule is CC(=O)[C@@H](Cc1ccccc1)NC(=O)C[NH+](C)Cc1ccccc1C. The molecular formula is C21H27N2O2+. The van der Waals surface area contributed by atoms with Gasteiger partial charge in [0.05, 0.1) is 13.1 Å². The number of carbonyl (C=O) groups is 2. The van der Waals surface area contributed by atoms with Crippen LogP contribution in [0.15, 0.2) is 54.6 Å². The van der Waals surface area contributed by atoms with Crippen LogP contribution in [0.2, 0.25) is 0 Å². The van der Waals surface area contributed by atoms with Gasteiger partial charge in [-0.25, -0.2) is 0 Å². The van der Waals surface area contributed by atoms with E-state index in [9.17, 15) is 9.59 Å². The molecule has 1 unspecified atom stereocenters. The van der Waals surface area contributed by atoms with Crippen molar-refractivity contribution in [3.05, 3.63) is 71.3 Å². The third-order valence-corrected chi connectivity index (χ3v) is 4.32. The van der Waals surface area contributed by atoms with Crippen molar-refractivity contribution in [1.82, 2.24) is 5.32 Å². The largest absolute Gasteiger partial charge is 0.341 e. The lowest BCUT2D eigenvalue weighted by molar-refractivity contribution is -0.885. The zero-order chi connectivity index (χ0) is 18.2. The van der Waals surface area contributed by atoms with Crippen LogP contribution in [0.5, 0.6) is 0 Å². The minimum atomic E-state index is -0.471. The van der Waals surface area contributed by atoms with E-state index >= 15 is 0 Å². The number of hydrogen-bond acceptors (Lipinski definition) is 2. The van der Waals surface area contributed by atoms with Crippen LogP contribution in [-0.4, -0.2) is 31.3 Å². The van der Waals surface area contributed by atoms with E-state index in [4.69, 9.17) is 0 Å². The summed E-state index contributed by atoms with van der Waals surface area (Å²) in [5.74, 6) is -0.115. The van der Waals surface area contributed by atoms with Gasteiger partial charge in [-0.3, -0.25) is 9.59 Å². The zero-order valence-corrected chi connectivity index (χ0v) is 15.2. The fraction of sp³-hybridized carbons (Fsp3) is 0.333. The third kappa shape index (κ3) is 6.16. The van der Waals surface area contributed by atoms with Crippen molar-refractivity contribution in [1.29, 1.82) is 0 Å². The Hall–Kier alpha value is -2.46. The lowest BCUT2D eigenvalue weighted by Crippen LogP contribution is -3.09. The number of amides is 1. The molecule has 0 fully saturated rings. The monoisotopic (exact) mass is 339 g/mol. The molecule has 132 valence electrons. The molecule has 2 aromatic carbocycles.